The number of nitrogens with one attached hydrogen (secondary N) is 1. The van der Waals surface area contributed by atoms with Gasteiger partial charge in [0.1, 0.15) is 18.2 Å². The van der Waals surface area contributed by atoms with E-state index in [1.165, 1.54) is 4.90 Å². The molecule has 2 fully saturated rings. The van der Waals surface area contributed by atoms with Crippen LogP contribution in [0.3, 0.4) is 0 Å². The maximum atomic E-state index is 13.7. The Kier molecular flexibility index (Phi) is 6.69. The Bertz CT molecular complexity index is 751. The minimum atomic E-state index is -0.684. The molecule has 0 saturated carbocycles. The SMILES string of the molecule is CN(C)C(=O)COC1CCOC2(CCN(C(=O)Nc3cc(F)ccc3F)CC2)C1. The van der Waals surface area contributed by atoms with Gasteiger partial charge in [-0.05, 0) is 31.4 Å². The number of amides is 3. The molecule has 1 spiro atoms. The van der Waals surface area contributed by atoms with Crippen molar-refractivity contribution < 1.29 is 27.8 Å². The van der Waals surface area contributed by atoms with Gasteiger partial charge in [0.15, 0.2) is 0 Å². The lowest BCUT2D eigenvalue weighted by Crippen LogP contribution is -2.53. The summed E-state index contributed by atoms with van der Waals surface area (Å²) in [6.07, 6.45) is 2.57. The van der Waals surface area contributed by atoms with Gasteiger partial charge in [-0.2, -0.15) is 0 Å². The molecule has 0 bridgehead atoms. The number of nitrogens with zero attached hydrogens (tertiary/aromatic N) is 2. The normalized spacial score (nSPS) is 21.1. The van der Waals surface area contributed by atoms with E-state index in [-0.39, 0.29) is 29.9 Å². The molecule has 2 heterocycles. The molecule has 2 saturated heterocycles. The Morgan fingerprint density at radius 2 is 2.03 bits per heavy atom. The molecule has 9 heteroatoms. The van der Waals surface area contributed by atoms with E-state index in [0.29, 0.717) is 39.0 Å². The molecule has 3 amide bonds. The number of ether oxygens (including phenoxy) is 2. The molecular formula is C20H27F2N3O4. The van der Waals surface area contributed by atoms with Gasteiger partial charge >= 0.3 is 6.03 Å². The zero-order valence-electron chi connectivity index (χ0n) is 16.7. The molecule has 0 aromatic heterocycles. The summed E-state index contributed by atoms with van der Waals surface area (Å²) >= 11 is 0. The molecule has 160 valence electrons. The van der Waals surface area contributed by atoms with Crippen molar-refractivity contribution in [2.45, 2.75) is 37.4 Å². The van der Waals surface area contributed by atoms with Gasteiger partial charge in [-0.1, -0.05) is 0 Å². The van der Waals surface area contributed by atoms with Crippen molar-refractivity contribution in [3.05, 3.63) is 29.8 Å². The van der Waals surface area contributed by atoms with E-state index in [0.717, 1.165) is 24.6 Å². The molecule has 7 nitrogen and oxygen atoms in total. The summed E-state index contributed by atoms with van der Waals surface area (Å²) in [5.74, 6) is -1.38. The van der Waals surface area contributed by atoms with Crippen LogP contribution in [-0.4, -0.2) is 73.8 Å². The smallest absolute Gasteiger partial charge is 0.321 e. The van der Waals surface area contributed by atoms with Gasteiger partial charge in [0.2, 0.25) is 5.91 Å². The minimum Gasteiger partial charge on any atom is -0.375 e. The van der Waals surface area contributed by atoms with Crippen LogP contribution < -0.4 is 5.32 Å². The second-order valence-electron chi connectivity index (χ2n) is 7.79. The van der Waals surface area contributed by atoms with E-state index in [9.17, 15) is 18.4 Å². The lowest BCUT2D eigenvalue weighted by Gasteiger charge is -2.46. The van der Waals surface area contributed by atoms with Gasteiger partial charge in [0, 0.05) is 46.3 Å². The first-order valence-electron chi connectivity index (χ1n) is 9.75. The van der Waals surface area contributed by atoms with Crippen LogP contribution in [0, 0.1) is 11.6 Å². The number of hydrogen-bond donors (Lipinski definition) is 1. The Labute approximate surface area is 168 Å². The number of rotatable bonds is 4. The summed E-state index contributed by atoms with van der Waals surface area (Å²) in [5.41, 5.74) is -0.562. The van der Waals surface area contributed by atoms with Crippen molar-refractivity contribution in [1.82, 2.24) is 9.80 Å². The quantitative estimate of drug-likeness (QED) is 0.827. The predicted octanol–water partition coefficient (Wildman–Crippen LogP) is 2.62. The van der Waals surface area contributed by atoms with Crippen molar-refractivity contribution in [3.8, 4) is 0 Å². The zero-order valence-corrected chi connectivity index (χ0v) is 16.7. The van der Waals surface area contributed by atoms with Gasteiger partial charge in [-0.3, -0.25) is 4.79 Å². The first kappa shape index (κ1) is 21.4. The van der Waals surface area contributed by atoms with Gasteiger partial charge in [0.25, 0.3) is 0 Å². The van der Waals surface area contributed by atoms with E-state index >= 15 is 0 Å². The van der Waals surface area contributed by atoms with Crippen LogP contribution >= 0.6 is 0 Å². The summed E-state index contributed by atoms with van der Waals surface area (Å²) in [4.78, 5) is 27.2. The van der Waals surface area contributed by atoms with Gasteiger partial charge in [-0.25, -0.2) is 13.6 Å². The summed E-state index contributed by atoms with van der Waals surface area (Å²) in [6.45, 7) is 1.46. The van der Waals surface area contributed by atoms with E-state index in [1.807, 2.05) is 0 Å². The molecule has 1 aromatic carbocycles. The molecule has 1 unspecified atom stereocenters. The third-order valence-corrected chi connectivity index (χ3v) is 5.52. The number of anilines is 1. The topological polar surface area (TPSA) is 71.1 Å². The van der Waals surface area contributed by atoms with Crippen molar-refractivity contribution >= 4 is 17.6 Å². The number of halogens is 2. The largest absolute Gasteiger partial charge is 0.375 e. The standard InChI is InChI=1S/C20H27F2N3O4/c1-24(2)18(26)13-28-15-5-10-29-20(12-15)6-8-25(9-7-20)19(27)23-17-11-14(21)3-4-16(17)22/h3-4,11,15H,5-10,12-13H2,1-2H3,(H,23,27). The number of benzene rings is 1. The van der Waals surface area contributed by atoms with Crippen LogP contribution in [0.4, 0.5) is 19.3 Å². The van der Waals surface area contributed by atoms with E-state index in [1.54, 1.807) is 19.0 Å². The van der Waals surface area contributed by atoms with Crippen LogP contribution in [0.15, 0.2) is 18.2 Å². The monoisotopic (exact) mass is 411 g/mol. The van der Waals surface area contributed by atoms with Crippen molar-refractivity contribution in [3.63, 3.8) is 0 Å². The van der Waals surface area contributed by atoms with Gasteiger partial charge in [-0.15, -0.1) is 0 Å². The van der Waals surface area contributed by atoms with Crippen molar-refractivity contribution in [2.24, 2.45) is 0 Å². The van der Waals surface area contributed by atoms with Crippen LogP contribution in [0.5, 0.6) is 0 Å². The predicted molar refractivity (Wildman–Crippen MR) is 103 cm³/mol. The highest BCUT2D eigenvalue weighted by molar-refractivity contribution is 5.89. The van der Waals surface area contributed by atoms with Crippen LogP contribution in [0.25, 0.3) is 0 Å². The Balaban J connectivity index is 1.51. The molecule has 2 aliphatic rings. The molecule has 1 N–H and O–H groups in total. The van der Waals surface area contributed by atoms with E-state index in [4.69, 9.17) is 9.47 Å². The summed E-state index contributed by atoms with van der Waals surface area (Å²) in [7, 11) is 3.38. The fourth-order valence-electron chi connectivity index (χ4n) is 3.70. The second kappa shape index (κ2) is 9.04. The molecule has 29 heavy (non-hydrogen) atoms. The maximum absolute atomic E-state index is 13.7. The van der Waals surface area contributed by atoms with E-state index in [2.05, 4.69) is 5.32 Å². The van der Waals surface area contributed by atoms with Crippen molar-refractivity contribution in [2.75, 3.05) is 45.7 Å². The number of likely N-dealkylation sites (tertiary alicyclic amines) is 1. The number of carbonyl (C=O) groups excluding carboxylic acids is 2. The number of carbonyl (C=O) groups is 2. The fraction of sp³-hybridized carbons (Fsp3) is 0.600. The van der Waals surface area contributed by atoms with Crippen molar-refractivity contribution in [1.29, 1.82) is 0 Å². The van der Waals surface area contributed by atoms with Gasteiger partial charge in [0.05, 0.1) is 17.4 Å². The molecule has 0 radical (unpaired) electrons. The summed E-state index contributed by atoms with van der Waals surface area (Å²) in [6, 6.07) is 2.47. The number of hydrogen-bond acceptors (Lipinski definition) is 4. The molecular weight excluding hydrogens is 384 g/mol. The average molecular weight is 411 g/mol. The Morgan fingerprint density at radius 1 is 1.31 bits per heavy atom. The molecule has 1 atom stereocenters. The number of urea groups is 1. The van der Waals surface area contributed by atoms with Gasteiger partial charge < -0.3 is 24.6 Å². The lowest BCUT2D eigenvalue weighted by molar-refractivity contribution is -0.160. The number of piperidine rings is 1. The second-order valence-corrected chi connectivity index (χ2v) is 7.79. The Hall–Kier alpha value is -2.26. The zero-order chi connectivity index (χ0) is 21.0. The van der Waals surface area contributed by atoms with Crippen LogP contribution in [-0.2, 0) is 14.3 Å². The maximum Gasteiger partial charge on any atom is 0.321 e. The molecule has 1 aromatic rings. The summed E-state index contributed by atoms with van der Waals surface area (Å²) < 4.78 is 38.8. The fourth-order valence-corrected chi connectivity index (χ4v) is 3.70. The third kappa shape index (κ3) is 5.42. The van der Waals surface area contributed by atoms with E-state index < -0.39 is 17.7 Å². The van der Waals surface area contributed by atoms with Crippen LogP contribution in [0.1, 0.15) is 25.7 Å². The summed E-state index contributed by atoms with van der Waals surface area (Å²) in [5, 5.41) is 2.43. The van der Waals surface area contributed by atoms with Crippen LogP contribution in [0.2, 0.25) is 0 Å². The number of likely N-dealkylation sites (N-methyl/N-ethyl adjacent to an activating group) is 1. The molecule has 2 aliphatic heterocycles. The third-order valence-electron chi connectivity index (χ3n) is 5.52. The minimum absolute atomic E-state index is 0.0431. The Morgan fingerprint density at radius 3 is 2.72 bits per heavy atom. The molecule has 3 rings (SSSR count). The highest BCUT2D eigenvalue weighted by Crippen LogP contribution is 2.36. The highest BCUT2D eigenvalue weighted by atomic mass is 19.1. The highest BCUT2D eigenvalue weighted by Gasteiger charge is 2.41. The molecule has 0 aliphatic carbocycles. The first-order valence-corrected chi connectivity index (χ1v) is 9.75. The first-order chi connectivity index (χ1) is 13.8. The lowest BCUT2D eigenvalue weighted by atomic mass is 9.83. The average Bonchev–Trinajstić information content (AvgIpc) is 2.69.